The summed E-state index contributed by atoms with van der Waals surface area (Å²) in [6, 6.07) is 3.82. The Labute approximate surface area is 145 Å². The van der Waals surface area contributed by atoms with Gasteiger partial charge in [-0.2, -0.15) is 0 Å². The highest BCUT2D eigenvalue weighted by Crippen LogP contribution is 2.43. The van der Waals surface area contributed by atoms with Gasteiger partial charge >= 0.3 is 5.97 Å². The zero-order valence-corrected chi connectivity index (χ0v) is 15.3. The smallest absolute Gasteiger partial charge is 0.310 e. The van der Waals surface area contributed by atoms with Gasteiger partial charge < -0.3 is 14.2 Å². The van der Waals surface area contributed by atoms with Gasteiger partial charge in [0.1, 0.15) is 11.5 Å². The predicted molar refractivity (Wildman–Crippen MR) is 96.8 cm³/mol. The zero-order valence-electron chi connectivity index (χ0n) is 15.3. The van der Waals surface area contributed by atoms with E-state index in [9.17, 15) is 4.79 Å². The van der Waals surface area contributed by atoms with E-state index in [1.807, 2.05) is 26.0 Å². The van der Waals surface area contributed by atoms with Crippen molar-refractivity contribution in [3.05, 3.63) is 48.6 Å². The first-order chi connectivity index (χ1) is 11.4. The fourth-order valence-corrected chi connectivity index (χ4v) is 2.91. The van der Waals surface area contributed by atoms with E-state index in [0.29, 0.717) is 18.8 Å². The minimum Gasteiger partial charge on any atom is -0.496 e. The van der Waals surface area contributed by atoms with Gasteiger partial charge in [-0.05, 0) is 38.0 Å². The molecular weight excluding hydrogens is 304 g/mol. The van der Waals surface area contributed by atoms with Crippen molar-refractivity contribution in [2.45, 2.75) is 32.6 Å². The summed E-state index contributed by atoms with van der Waals surface area (Å²) >= 11 is 0. The zero-order chi connectivity index (χ0) is 18.3. The lowest BCUT2D eigenvalue weighted by atomic mass is 9.69. The van der Waals surface area contributed by atoms with Gasteiger partial charge in [0.25, 0.3) is 0 Å². The highest BCUT2D eigenvalue weighted by molar-refractivity contribution is 5.76. The molecule has 2 unspecified atom stereocenters. The minimum atomic E-state index is -0.688. The summed E-state index contributed by atoms with van der Waals surface area (Å²) in [5.41, 5.74) is 1.11. The molecule has 0 aliphatic rings. The lowest BCUT2D eigenvalue weighted by molar-refractivity contribution is -0.149. The summed E-state index contributed by atoms with van der Waals surface area (Å²) in [6.45, 7) is 13.8. The number of carbonyl (C=O) groups is 1. The number of methoxy groups -OCH3 is 2. The number of rotatable bonds is 9. The molecule has 0 bridgehead atoms. The van der Waals surface area contributed by atoms with E-state index >= 15 is 0 Å². The van der Waals surface area contributed by atoms with E-state index in [1.165, 1.54) is 0 Å². The minimum absolute atomic E-state index is 0.276. The van der Waals surface area contributed by atoms with E-state index in [2.05, 4.69) is 13.2 Å². The van der Waals surface area contributed by atoms with Crippen LogP contribution in [0.1, 0.15) is 31.4 Å². The second kappa shape index (κ2) is 8.57. The summed E-state index contributed by atoms with van der Waals surface area (Å²) in [6.07, 6.45) is 3.96. The summed E-state index contributed by atoms with van der Waals surface area (Å²) in [4.78, 5) is 12.5. The molecule has 2 atom stereocenters. The Balaban J connectivity index is 3.57. The third kappa shape index (κ3) is 3.81. The molecule has 0 aliphatic carbocycles. The van der Waals surface area contributed by atoms with Crippen molar-refractivity contribution in [1.29, 1.82) is 0 Å². The number of hydrogen-bond donors (Lipinski definition) is 0. The van der Waals surface area contributed by atoms with Crippen LogP contribution in [0.15, 0.2) is 37.4 Å². The average Bonchev–Trinajstić information content (AvgIpc) is 2.58. The highest BCUT2D eigenvalue weighted by Gasteiger charge is 2.40. The molecule has 0 fully saturated rings. The number of allylic oxidation sites excluding steroid dienone is 2. The Bertz CT molecular complexity index is 606. The molecule has 4 nitrogen and oxygen atoms in total. The normalized spacial score (nSPS) is 14.2. The lowest BCUT2D eigenvalue weighted by Gasteiger charge is -2.35. The number of esters is 1. The Morgan fingerprint density at radius 1 is 1.25 bits per heavy atom. The van der Waals surface area contributed by atoms with Crippen LogP contribution < -0.4 is 9.47 Å². The first-order valence-corrected chi connectivity index (χ1v) is 8.03. The fourth-order valence-electron chi connectivity index (χ4n) is 2.91. The van der Waals surface area contributed by atoms with Crippen LogP contribution in [-0.4, -0.2) is 26.8 Å². The van der Waals surface area contributed by atoms with E-state index < -0.39 is 11.3 Å². The molecule has 0 radical (unpaired) electrons. The second-order valence-electron chi connectivity index (χ2n) is 5.84. The standard InChI is InChI=1S/C20H28O4/c1-8-11-15(19(21)24-10-3)20(5,9-2)16-13-17(22-6)14(4)12-18(16)23-7/h8-9,12-13,15H,1-2,10-11H2,3-7H3. The predicted octanol–water partition coefficient (Wildman–Crippen LogP) is 4.21. The number of hydrogen-bond acceptors (Lipinski definition) is 4. The van der Waals surface area contributed by atoms with Crippen LogP contribution in [0.2, 0.25) is 0 Å². The maximum atomic E-state index is 12.5. The van der Waals surface area contributed by atoms with Gasteiger partial charge in [-0.25, -0.2) is 0 Å². The molecule has 1 aromatic rings. The van der Waals surface area contributed by atoms with Crippen molar-refractivity contribution >= 4 is 5.97 Å². The molecule has 0 aromatic heterocycles. The molecule has 0 heterocycles. The van der Waals surface area contributed by atoms with Gasteiger partial charge in [-0.15, -0.1) is 13.2 Å². The van der Waals surface area contributed by atoms with E-state index in [1.54, 1.807) is 33.3 Å². The first kappa shape index (κ1) is 19.8. The molecule has 1 aromatic carbocycles. The largest absolute Gasteiger partial charge is 0.496 e. The van der Waals surface area contributed by atoms with Gasteiger partial charge in [0, 0.05) is 11.0 Å². The van der Waals surface area contributed by atoms with E-state index in [0.717, 1.165) is 16.9 Å². The van der Waals surface area contributed by atoms with Crippen LogP contribution >= 0.6 is 0 Å². The second-order valence-corrected chi connectivity index (χ2v) is 5.84. The van der Waals surface area contributed by atoms with Gasteiger partial charge in [0.2, 0.25) is 0 Å². The molecule has 0 spiro atoms. The molecule has 132 valence electrons. The van der Waals surface area contributed by atoms with Crippen LogP contribution in [0, 0.1) is 12.8 Å². The Hall–Kier alpha value is -2.23. The van der Waals surface area contributed by atoms with Crippen LogP contribution in [0.4, 0.5) is 0 Å². The molecule has 24 heavy (non-hydrogen) atoms. The van der Waals surface area contributed by atoms with Crippen LogP contribution in [-0.2, 0) is 14.9 Å². The van der Waals surface area contributed by atoms with E-state index in [4.69, 9.17) is 14.2 Å². The monoisotopic (exact) mass is 332 g/mol. The molecular formula is C20H28O4. The summed E-state index contributed by atoms with van der Waals surface area (Å²) in [5.74, 6) is 0.698. The van der Waals surface area contributed by atoms with Crippen LogP contribution in [0.25, 0.3) is 0 Å². The maximum absolute atomic E-state index is 12.5. The quantitative estimate of drug-likeness (QED) is 0.502. The van der Waals surface area contributed by atoms with Gasteiger partial charge in [-0.3, -0.25) is 4.79 Å². The number of carbonyl (C=O) groups excluding carboxylic acids is 1. The molecule has 0 saturated carbocycles. The van der Waals surface area contributed by atoms with Gasteiger partial charge in [-0.1, -0.05) is 19.1 Å². The van der Waals surface area contributed by atoms with Crippen LogP contribution in [0.3, 0.4) is 0 Å². The fraction of sp³-hybridized carbons (Fsp3) is 0.450. The molecule has 0 N–H and O–H groups in total. The van der Waals surface area contributed by atoms with Gasteiger partial charge in [0.05, 0.1) is 26.7 Å². The SMILES string of the molecule is C=CCC(C(=O)OCC)C(C)(C=C)c1cc(OC)c(C)cc1OC. The van der Waals surface area contributed by atoms with Crippen molar-refractivity contribution in [3.63, 3.8) is 0 Å². The summed E-state index contributed by atoms with van der Waals surface area (Å²) < 4.78 is 16.3. The van der Waals surface area contributed by atoms with Crippen molar-refractivity contribution in [2.75, 3.05) is 20.8 Å². The number of ether oxygens (including phenoxy) is 3. The third-order valence-electron chi connectivity index (χ3n) is 4.42. The van der Waals surface area contributed by atoms with Crippen molar-refractivity contribution < 1.29 is 19.0 Å². The maximum Gasteiger partial charge on any atom is 0.310 e. The topological polar surface area (TPSA) is 44.8 Å². The number of benzene rings is 1. The average molecular weight is 332 g/mol. The van der Waals surface area contributed by atoms with Crippen molar-refractivity contribution in [1.82, 2.24) is 0 Å². The van der Waals surface area contributed by atoms with Crippen molar-refractivity contribution in [2.24, 2.45) is 5.92 Å². The molecule has 0 saturated heterocycles. The third-order valence-corrected chi connectivity index (χ3v) is 4.42. The Morgan fingerprint density at radius 2 is 1.88 bits per heavy atom. The Morgan fingerprint density at radius 3 is 2.33 bits per heavy atom. The summed E-state index contributed by atoms with van der Waals surface area (Å²) in [7, 11) is 3.23. The molecule has 4 heteroatoms. The lowest BCUT2D eigenvalue weighted by Crippen LogP contribution is -2.37. The number of aryl methyl sites for hydroxylation is 1. The van der Waals surface area contributed by atoms with Crippen LogP contribution in [0.5, 0.6) is 11.5 Å². The highest BCUT2D eigenvalue weighted by atomic mass is 16.5. The molecule has 0 amide bonds. The Kier molecular flexibility index (Phi) is 7.08. The molecule has 0 aliphatic heterocycles. The molecule has 1 rings (SSSR count). The van der Waals surface area contributed by atoms with E-state index in [-0.39, 0.29) is 5.97 Å². The summed E-state index contributed by atoms with van der Waals surface area (Å²) in [5, 5.41) is 0. The van der Waals surface area contributed by atoms with Gasteiger partial charge in [0.15, 0.2) is 0 Å². The van der Waals surface area contributed by atoms with Crippen molar-refractivity contribution in [3.8, 4) is 11.5 Å². The first-order valence-electron chi connectivity index (χ1n) is 8.03.